The molecular weight excluding hydrogens is 282 g/mol. The number of hydrogen-bond acceptors (Lipinski definition) is 3. The van der Waals surface area contributed by atoms with Crippen LogP contribution in [0.2, 0.25) is 5.15 Å². The van der Waals surface area contributed by atoms with E-state index in [-0.39, 0.29) is 0 Å². The summed E-state index contributed by atoms with van der Waals surface area (Å²) >= 11 is 6.06. The van der Waals surface area contributed by atoms with E-state index in [0.717, 1.165) is 42.4 Å². The Morgan fingerprint density at radius 2 is 1.95 bits per heavy atom. The minimum absolute atomic E-state index is 0.530. The summed E-state index contributed by atoms with van der Waals surface area (Å²) in [6.07, 6.45) is 4.31. The normalized spacial score (nSPS) is 15.9. The second kappa shape index (κ2) is 6.92. The van der Waals surface area contributed by atoms with Gasteiger partial charge in [-0.1, -0.05) is 41.9 Å². The molecule has 0 unspecified atom stereocenters. The lowest BCUT2D eigenvalue weighted by Crippen LogP contribution is -2.31. The molecule has 1 aromatic carbocycles. The van der Waals surface area contributed by atoms with Gasteiger partial charge < -0.3 is 10.6 Å². The fraction of sp³-hybridized carbons (Fsp3) is 0.353. The summed E-state index contributed by atoms with van der Waals surface area (Å²) in [4.78, 5) is 4.23. The van der Waals surface area contributed by atoms with E-state index in [2.05, 4.69) is 27.8 Å². The van der Waals surface area contributed by atoms with Gasteiger partial charge in [-0.15, -0.1) is 0 Å². The van der Waals surface area contributed by atoms with E-state index in [9.17, 15) is 0 Å². The lowest BCUT2D eigenvalue weighted by atomic mass is 9.98. The number of halogens is 1. The van der Waals surface area contributed by atoms with Gasteiger partial charge in [0.25, 0.3) is 0 Å². The summed E-state index contributed by atoms with van der Waals surface area (Å²) in [5, 5.41) is 7.50. The van der Waals surface area contributed by atoms with Crippen molar-refractivity contribution in [1.29, 1.82) is 0 Å². The molecular formula is C17H20ClN3. The third kappa shape index (κ3) is 3.74. The van der Waals surface area contributed by atoms with Gasteiger partial charge >= 0.3 is 0 Å². The first-order valence-corrected chi connectivity index (χ1v) is 7.86. The highest BCUT2D eigenvalue weighted by Crippen LogP contribution is 2.29. The molecule has 1 saturated heterocycles. The maximum atomic E-state index is 6.06. The zero-order valence-corrected chi connectivity index (χ0v) is 12.7. The predicted octanol–water partition coefficient (Wildman–Crippen LogP) is 3.81. The van der Waals surface area contributed by atoms with Crippen molar-refractivity contribution in [2.24, 2.45) is 5.92 Å². The van der Waals surface area contributed by atoms with Gasteiger partial charge in [-0.3, -0.25) is 0 Å². The molecule has 0 spiro atoms. The topological polar surface area (TPSA) is 37.0 Å². The molecule has 4 heteroatoms. The number of nitrogens with zero attached hydrogens (tertiary/aromatic N) is 1. The first kappa shape index (κ1) is 14.4. The quantitative estimate of drug-likeness (QED) is 0.843. The highest BCUT2D eigenvalue weighted by Gasteiger charge is 2.14. The van der Waals surface area contributed by atoms with Crippen molar-refractivity contribution in [1.82, 2.24) is 10.3 Å². The van der Waals surface area contributed by atoms with E-state index < -0.39 is 0 Å². The van der Waals surface area contributed by atoms with Crippen LogP contribution in [0.5, 0.6) is 0 Å². The highest BCUT2D eigenvalue weighted by molar-refractivity contribution is 6.29. The number of piperidine rings is 1. The van der Waals surface area contributed by atoms with E-state index in [4.69, 9.17) is 11.6 Å². The Hall–Kier alpha value is -1.58. The Labute approximate surface area is 130 Å². The molecule has 0 aliphatic carbocycles. The van der Waals surface area contributed by atoms with Gasteiger partial charge in [-0.2, -0.15) is 0 Å². The molecule has 1 aromatic heterocycles. The largest absolute Gasteiger partial charge is 0.384 e. The van der Waals surface area contributed by atoms with Crippen LogP contribution in [0.25, 0.3) is 11.1 Å². The Kier molecular flexibility index (Phi) is 4.73. The molecule has 0 bridgehead atoms. The number of anilines is 1. The molecule has 21 heavy (non-hydrogen) atoms. The minimum atomic E-state index is 0.530. The van der Waals surface area contributed by atoms with E-state index in [1.807, 2.05) is 30.5 Å². The number of pyridine rings is 1. The summed E-state index contributed by atoms with van der Waals surface area (Å²) in [6, 6.07) is 12.2. The number of benzene rings is 1. The molecule has 0 radical (unpaired) electrons. The van der Waals surface area contributed by atoms with Gasteiger partial charge in [0.2, 0.25) is 0 Å². The monoisotopic (exact) mass is 301 g/mol. The second-order valence-electron chi connectivity index (χ2n) is 5.49. The van der Waals surface area contributed by atoms with Gasteiger partial charge in [0.05, 0.1) is 0 Å². The first-order chi connectivity index (χ1) is 10.3. The Morgan fingerprint density at radius 3 is 2.71 bits per heavy atom. The SMILES string of the molecule is Clc1cc(NCC2CCNCC2)c(-c2ccccc2)cn1. The van der Waals surface area contributed by atoms with Crippen LogP contribution in [0.4, 0.5) is 5.69 Å². The molecule has 0 saturated carbocycles. The molecule has 1 fully saturated rings. The van der Waals surface area contributed by atoms with Crippen molar-refractivity contribution < 1.29 is 0 Å². The van der Waals surface area contributed by atoms with Crippen LogP contribution in [0.15, 0.2) is 42.6 Å². The van der Waals surface area contributed by atoms with Crippen LogP contribution >= 0.6 is 11.6 Å². The maximum absolute atomic E-state index is 6.06. The molecule has 0 atom stereocenters. The molecule has 0 amide bonds. The van der Waals surface area contributed by atoms with Crippen molar-refractivity contribution in [3.05, 3.63) is 47.7 Å². The zero-order valence-electron chi connectivity index (χ0n) is 12.0. The molecule has 1 aliphatic heterocycles. The number of aromatic nitrogens is 1. The summed E-state index contributed by atoms with van der Waals surface area (Å²) in [5.41, 5.74) is 3.34. The number of hydrogen-bond donors (Lipinski definition) is 2. The molecule has 2 aromatic rings. The van der Waals surface area contributed by atoms with Crippen molar-refractivity contribution in [3.8, 4) is 11.1 Å². The summed E-state index contributed by atoms with van der Waals surface area (Å²) in [5.74, 6) is 0.724. The lowest BCUT2D eigenvalue weighted by molar-refractivity contribution is 0.390. The van der Waals surface area contributed by atoms with Crippen LogP contribution in [-0.4, -0.2) is 24.6 Å². The van der Waals surface area contributed by atoms with Crippen LogP contribution in [0.1, 0.15) is 12.8 Å². The van der Waals surface area contributed by atoms with Crippen LogP contribution in [0, 0.1) is 5.92 Å². The maximum Gasteiger partial charge on any atom is 0.131 e. The average Bonchev–Trinajstić information content (AvgIpc) is 2.55. The Bertz CT molecular complexity index is 580. The fourth-order valence-corrected chi connectivity index (χ4v) is 2.92. The molecule has 110 valence electrons. The molecule has 3 nitrogen and oxygen atoms in total. The van der Waals surface area contributed by atoms with Crippen molar-refractivity contribution in [2.75, 3.05) is 25.0 Å². The second-order valence-corrected chi connectivity index (χ2v) is 5.88. The van der Waals surface area contributed by atoms with Gasteiger partial charge in [0.15, 0.2) is 0 Å². The lowest BCUT2D eigenvalue weighted by Gasteiger charge is -2.24. The Balaban J connectivity index is 1.78. The van der Waals surface area contributed by atoms with E-state index in [1.54, 1.807) is 0 Å². The van der Waals surface area contributed by atoms with Crippen molar-refractivity contribution >= 4 is 17.3 Å². The third-order valence-electron chi connectivity index (χ3n) is 4.00. The van der Waals surface area contributed by atoms with Gasteiger partial charge in [-0.05, 0) is 43.5 Å². The molecule has 2 N–H and O–H groups in total. The van der Waals surface area contributed by atoms with E-state index >= 15 is 0 Å². The van der Waals surface area contributed by atoms with E-state index in [0.29, 0.717) is 5.15 Å². The summed E-state index contributed by atoms with van der Waals surface area (Å²) in [7, 11) is 0. The van der Waals surface area contributed by atoms with Crippen LogP contribution < -0.4 is 10.6 Å². The third-order valence-corrected chi connectivity index (χ3v) is 4.20. The van der Waals surface area contributed by atoms with Gasteiger partial charge in [0.1, 0.15) is 5.15 Å². The number of nitrogens with one attached hydrogen (secondary N) is 2. The predicted molar refractivity (Wildman–Crippen MR) is 88.8 cm³/mol. The molecule has 2 heterocycles. The average molecular weight is 302 g/mol. The zero-order chi connectivity index (χ0) is 14.5. The van der Waals surface area contributed by atoms with Crippen molar-refractivity contribution in [3.63, 3.8) is 0 Å². The van der Waals surface area contributed by atoms with E-state index in [1.165, 1.54) is 12.8 Å². The standard InChI is InChI=1S/C17H20ClN3/c18-17-10-16(20-11-13-6-8-19-9-7-13)15(12-21-17)14-4-2-1-3-5-14/h1-5,10,12-13,19H,6-9,11H2,(H,20,21). The first-order valence-electron chi connectivity index (χ1n) is 7.48. The fourth-order valence-electron chi connectivity index (χ4n) is 2.76. The van der Waals surface area contributed by atoms with Crippen LogP contribution in [-0.2, 0) is 0 Å². The summed E-state index contributed by atoms with van der Waals surface area (Å²) < 4.78 is 0. The summed E-state index contributed by atoms with van der Waals surface area (Å²) in [6.45, 7) is 3.23. The highest BCUT2D eigenvalue weighted by atomic mass is 35.5. The van der Waals surface area contributed by atoms with Gasteiger partial charge in [0, 0.05) is 24.0 Å². The van der Waals surface area contributed by atoms with Gasteiger partial charge in [-0.25, -0.2) is 4.98 Å². The number of rotatable bonds is 4. The smallest absolute Gasteiger partial charge is 0.131 e. The molecule has 1 aliphatic rings. The molecule has 3 rings (SSSR count). The Morgan fingerprint density at radius 1 is 1.19 bits per heavy atom. The minimum Gasteiger partial charge on any atom is -0.384 e. The van der Waals surface area contributed by atoms with Crippen molar-refractivity contribution in [2.45, 2.75) is 12.8 Å². The van der Waals surface area contributed by atoms with Crippen LogP contribution in [0.3, 0.4) is 0 Å².